The number of amides is 1. The molecule has 0 saturated carbocycles. The monoisotopic (exact) mass is 283 g/mol. The van der Waals surface area contributed by atoms with Crippen LogP contribution < -0.4 is 14.8 Å². The summed E-state index contributed by atoms with van der Waals surface area (Å²) in [6.07, 6.45) is 0. The molecule has 0 radical (unpaired) electrons. The highest BCUT2D eigenvalue weighted by Crippen LogP contribution is 2.29. The second-order valence-corrected chi connectivity index (χ2v) is 5.55. The largest absolute Gasteiger partial charge is 0.497 e. The van der Waals surface area contributed by atoms with Crippen molar-refractivity contribution in [3.05, 3.63) is 18.2 Å². The number of rotatable bonds is 7. The predicted octanol–water partition coefficient (Wildman–Crippen LogP) is 3.03. The van der Waals surface area contributed by atoms with Gasteiger partial charge in [-0.25, -0.2) is 0 Å². The molecule has 1 aromatic carbocycles. The van der Waals surface area contributed by atoms with Gasteiger partial charge < -0.3 is 14.8 Å². The fourth-order valence-electron chi connectivity index (χ4n) is 1.48. The first kappa shape index (κ1) is 15.7. The number of thioether (sulfide) groups is 1. The van der Waals surface area contributed by atoms with Crippen LogP contribution in [-0.4, -0.2) is 31.6 Å². The minimum atomic E-state index is -0.0193. The van der Waals surface area contributed by atoms with E-state index in [1.807, 2.05) is 0 Å². The molecule has 5 heteroatoms. The average Bonchev–Trinajstić information content (AvgIpc) is 2.38. The molecule has 1 amide bonds. The van der Waals surface area contributed by atoms with Crippen molar-refractivity contribution >= 4 is 23.4 Å². The predicted molar refractivity (Wildman–Crippen MR) is 80.3 cm³/mol. The van der Waals surface area contributed by atoms with Crippen LogP contribution in [0.15, 0.2) is 18.2 Å². The molecule has 4 nitrogen and oxygen atoms in total. The Bertz CT molecular complexity index is 421. The maximum atomic E-state index is 11.8. The molecule has 0 aliphatic heterocycles. The molecular weight excluding hydrogens is 262 g/mol. The van der Waals surface area contributed by atoms with Gasteiger partial charge in [-0.1, -0.05) is 13.8 Å². The van der Waals surface area contributed by atoms with Crippen LogP contribution in [0.3, 0.4) is 0 Å². The Morgan fingerprint density at radius 2 is 2.05 bits per heavy atom. The van der Waals surface area contributed by atoms with Crippen LogP contribution in [0.4, 0.5) is 5.69 Å². The summed E-state index contributed by atoms with van der Waals surface area (Å²) in [5.74, 6) is 3.30. The number of anilines is 1. The zero-order valence-corrected chi connectivity index (χ0v) is 12.7. The van der Waals surface area contributed by atoms with E-state index in [1.165, 1.54) is 0 Å². The minimum absolute atomic E-state index is 0.0193. The molecule has 0 unspecified atom stereocenters. The topological polar surface area (TPSA) is 47.6 Å². The zero-order valence-electron chi connectivity index (χ0n) is 11.9. The Hall–Kier alpha value is -1.36. The lowest BCUT2D eigenvalue weighted by Crippen LogP contribution is -2.15. The number of ether oxygens (including phenoxy) is 2. The summed E-state index contributed by atoms with van der Waals surface area (Å²) in [7, 11) is 3.16. The molecule has 0 heterocycles. The molecule has 1 aromatic rings. The molecule has 0 saturated heterocycles. The van der Waals surface area contributed by atoms with Crippen LogP contribution >= 0.6 is 11.8 Å². The number of carbonyl (C=O) groups excluding carboxylic acids is 1. The summed E-state index contributed by atoms with van der Waals surface area (Å²) in [5.41, 5.74) is 0.665. The molecular formula is C14H21NO3S. The Balaban J connectivity index is 2.58. The quantitative estimate of drug-likeness (QED) is 0.835. The molecule has 0 aliphatic rings. The van der Waals surface area contributed by atoms with E-state index in [1.54, 1.807) is 44.2 Å². The second-order valence-electron chi connectivity index (χ2n) is 4.52. The summed E-state index contributed by atoms with van der Waals surface area (Å²) in [6, 6.07) is 5.32. The summed E-state index contributed by atoms with van der Waals surface area (Å²) >= 11 is 1.63. The van der Waals surface area contributed by atoms with E-state index in [-0.39, 0.29) is 5.91 Å². The van der Waals surface area contributed by atoms with Crippen LogP contribution in [0.25, 0.3) is 0 Å². The molecule has 0 bridgehead atoms. The van der Waals surface area contributed by atoms with Gasteiger partial charge >= 0.3 is 0 Å². The smallest absolute Gasteiger partial charge is 0.234 e. The van der Waals surface area contributed by atoms with Crippen molar-refractivity contribution in [2.45, 2.75) is 13.8 Å². The number of carbonyl (C=O) groups is 1. The first-order valence-electron chi connectivity index (χ1n) is 6.16. The molecule has 1 N–H and O–H groups in total. The Labute approximate surface area is 118 Å². The van der Waals surface area contributed by atoms with Crippen LogP contribution in [-0.2, 0) is 4.79 Å². The number of hydrogen-bond donors (Lipinski definition) is 1. The van der Waals surface area contributed by atoms with Crippen LogP contribution in [0.1, 0.15) is 13.8 Å². The lowest BCUT2D eigenvalue weighted by atomic mass is 10.2. The normalized spacial score (nSPS) is 10.4. The molecule has 0 spiro atoms. The van der Waals surface area contributed by atoms with E-state index in [4.69, 9.17) is 9.47 Å². The third-order valence-electron chi connectivity index (χ3n) is 2.37. The molecule has 0 atom stereocenters. The standard InChI is InChI=1S/C14H21NO3S/c1-10(2)8-19-9-14(16)15-12-6-5-11(17-3)7-13(12)18-4/h5-7,10H,8-9H2,1-4H3,(H,15,16). The number of methoxy groups -OCH3 is 2. The highest BCUT2D eigenvalue weighted by molar-refractivity contribution is 7.99. The zero-order chi connectivity index (χ0) is 14.3. The average molecular weight is 283 g/mol. The number of hydrogen-bond acceptors (Lipinski definition) is 4. The Morgan fingerprint density at radius 3 is 2.63 bits per heavy atom. The van der Waals surface area contributed by atoms with E-state index in [0.29, 0.717) is 28.9 Å². The van der Waals surface area contributed by atoms with Gasteiger partial charge in [0, 0.05) is 6.07 Å². The maximum absolute atomic E-state index is 11.8. The van der Waals surface area contributed by atoms with Gasteiger partial charge in [0.15, 0.2) is 0 Å². The number of benzene rings is 1. The second kappa shape index (κ2) is 7.94. The highest BCUT2D eigenvalue weighted by atomic mass is 32.2. The van der Waals surface area contributed by atoms with Gasteiger partial charge in [0.05, 0.1) is 25.7 Å². The number of nitrogens with one attached hydrogen (secondary N) is 1. The van der Waals surface area contributed by atoms with Gasteiger partial charge in [-0.3, -0.25) is 4.79 Å². The van der Waals surface area contributed by atoms with Gasteiger partial charge in [-0.15, -0.1) is 0 Å². The van der Waals surface area contributed by atoms with Crippen molar-refractivity contribution in [2.75, 3.05) is 31.0 Å². The van der Waals surface area contributed by atoms with Crippen molar-refractivity contribution in [3.8, 4) is 11.5 Å². The van der Waals surface area contributed by atoms with Crippen molar-refractivity contribution in [2.24, 2.45) is 5.92 Å². The molecule has 0 aliphatic carbocycles. The van der Waals surface area contributed by atoms with Crippen molar-refractivity contribution in [1.82, 2.24) is 0 Å². The van der Waals surface area contributed by atoms with Gasteiger partial charge in [-0.2, -0.15) is 11.8 Å². The maximum Gasteiger partial charge on any atom is 0.234 e. The van der Waals surface area contributed by atoms with Gasteiger partial charge in [0.1, 0.15) is 11.5 Å². The lowest BCUT2D eigenvalue weighted by Gasteiger charge is -2.11. The highest BCUT2D eigenvalue weighted by Gasteiger charge is 2.09. The van der Waals surface area contributed by atoms with Crippen LogP contribution in [0.5, 0.6) is 11.5 Å². The van der Waals surface area contributed by atoms with E-state index < -0.39 is 0 Å². The first-order valence-corrected chi connectivity index (χ1v) is 7.32. The first-order chi connectivity index (χ1) is 9.06. The van der Waals surface area contributed by atoms with E-state index in [2.05, 4.69) is 19.2 Å². The van der Waals surface area contributed by atoms with E-state index in [0.717, 1.165) is 5.75 Å². The summed E-state index contributed by atoms with van der Waals surface area (Å²) in [6.45, 7) is 4.27. The summed E-state index contributed by atoms with van der Waals surface area (Å²) in [4.78, 5) is 11.8. The summed E-state index contributed by atoms with van der Waals surface area (Å²) in [5, 5.41) is 2.85. The van der Waals surface area contributed by atoms with Gasteiger partial charge in [-0.05, 0) is 23.8 Å². The Kier molecular flexibility index (Phi) is 6.56. The fraction of sp³-hybridized carbons (Fsp3) is 0.500. The van der Waals surface area contributed by atoms with E-state index >= 15 is 0 Å². The molecule has 106 valence electrons. The van der Waals surface area contributed by atoms with Gasteiger partial charge in [0.2, 0.25) is 5.91 Å². The third-order valence-corrected chi connectivity index (χ3v) is 3.74. The molecule has 0 aromatic heterocycles. The van der Waals surface area contributed by atoms with Crippen molar-refractivity contribution in [1.29, 1.82) is 0 Å². The van der Waals surface area contributed by atoms with E-state index in [9.17, 15) is 4.79 Å². The van der Waals surface area contributed by atoms with Crippen molar-refractivity contribution in [3.63, 3.8) is 0 Å². The minimum Gasteiger partial charge on any atom is -0.497 e. The summed E-state index contributed by atoms with van der Waals surface area (Å²) < 4.78 is 10.3. The SMILES string of the molecule is COc1ccc(NC(=O)CSCC(C)C)c(OC)c1. The van der Waals surface area contributed by atoms with Crippen LogP contribution in [0, 0.1) is 5.92 Å². The third kappa shape index (κ3) is 5.42. The Morgan fingerprint density at radius 1 is 1.32 bits per heavy atom. The molecule has 0 fully saturated rings. The molecule has 1 rings (SSSR count). The van der Waals surface area contributed by atoms with Crippen molar-refractivity contribution < 1.29 is 14.3 Å². The molecule has 19 heavy (non-hydrogen) atoms. The van der Waals surface area contributed by atoms with Gasteiger partial charge in [0.25, 0.3) is 0 Å². The van der Waals surface area contributed by atoms with Crippen LogP contribution in [0.2, 0.25) is 0 Å². The lowest BCUT2D eigenvalue weighted by molar-refractivity contribution is -0.113. The fourth-order valence-corrected chi connectivity index (χ4v) is 2.32.